The molecule has 34 heavy (non-hydrogen) atoms. The summed E-state index contributed by atoms with van der Waals surface area (Å²) >= 11 is 6.28. The van der Waals surface area contributed by atoms with Gasteiger partial charge in [0.25, 0.3) is 5.56 Å². The van der Waals surface area contributed by atoms with Gasteiger partial charge in [0.1, 0.15) is 18.0 Å². The van der Waals surface area contributed by atoms with Gasteiger partial charge in [-0.1, -0.05) is 11.6 Å². The molecular weight excluding hydrogens is 454 g/mol. The third-order valence-electron chi connectivity index (χ3n) is 6.00. The van der Waals surface area contributed by atoms with Crippen molar-refractivity contribution in [3.05, 3.63) is 88.1 Å². The molecule has 4 aromatic heterocycles. The van der Waals surface area contributed by atoms with Gasteiger partial charge in [-0.3, -0.25) is 4.79 Å². The SMILES string of the molecule is Nc1cc(-c2cnc([C@@H]3CCc4cc(-c5cc(Cl)ccc5-n5cnnn5)cc(=O)n43)[nH]2)ccn1. The van der Waals surface area contributed by atoms with E-state index in [0.29, 0.717) is 10.8 Å². The van der Waals surface area contributed by atoms with Gasteiger partial charge in [-0.2, -0.15) is 4.68 Å². The van der Waals surface area contributed by atoms with Crippen LogP contribution in [0.5, 0.6) is 0 Å². The van der Waals surface area contributed by atoms with Gasteiger partial charge in [0, 0.05) is 34.1 Å². The summed E-state index contributed by atoms with van der Waals surface area (Å²) in [7, 11) is 0. The molecule has 0 aliphatic carbocycles. The van der Waals surface area contributed by atoms with Crippen molar-refractivity contribution in [2.24, 2.45) is 0 Å². The first-order chi connectivity index (χ1) is 16.6. The number of fused-ring (bicyclic) bond motifs is 1. The number of hydrogen-bond donors (Lipinski definition) is 2. The molecule has 5 aromatic rings. The van der Waals surface area contributed by atoms with E-state index in [1.807, 2.05) is 24.3 Å². The second-order valence-corrected chi connectivity index (χ2v) is 8.50. The highest BCUT2D eigenvalue weighted by Crippen LogP contribution is 2.34. The van der Waals surface area contributed by atoms with E-state index in [2.05, 4.69) is 30.5 Å². The van der Waals surface area contributed by atoms with Gasteiger partial charge in [0.15, 0.2) is 0 Å². The third kappa shape index (κ3) is 3.44. The van der Waals surface area contributed by atoms with Crippen LogP contribution >= 0.6 is 11.6 Å². The highest BCUT2D eigenvalue weighted by atomic mass is 35.5. The molecule has 0 saturated carbocycles. The van der Waals surface area contributed by atoms with Crippen molar-refractivity contribution >= 4 is 17.4 Å². The predicted molar refractivity (Wildman–Crippen MR) is 127 cm³/mol. The number of imidazole rings is 1. The van der Waals surface area contributed by atoms with E-state index in [1.54, 1.807) is 39.8 Å². The molecule has 168 valence electrons. The van der Waals surface area contributed by atoms with Crippen LogP contribution in [0.2, 0.25) is 5.02 Å². The van der Waals surface area contributed by atoms with Gasteiger partial charge in [-0.15, -0.1) is 5.10 Å². The lowest BCUT2D eigenvalue weighted by Crippen LogP contribution is -2.23. The van der Waals surface area contributed by atoms with Crippen molar-refractivity contribution in [2.45, 2.75) is 18.9 Å². The molecule has 3 N–H and O–H groups in total. The van der Waals surface area contributed by atoms with E-state index in [1.165, 1.54) is 6.33 Å². The minimum atomic E-state index is -0.178. The maximum Gasteiger partial charge on any atom is 0.252 e. The average Bonchev–Trinajstić information content (AvgIpc) is 3.59. The first kappa shape index (κ1) is 20.3. The van der Waals surface area contributed by atoms with Crippen LogP contribution in [0.3, 0.4) is 0 Å². The summed E-state index contributed by atoms with van der Waals surface area (Å²) in [6, 6.07) is 12.5. The van der Waals surface area contributed by atoms with E-state index < -0.39 is 0 Å². The van der Waals surface area contributed by atoms with Crippen molar-refractivity contribution in [2.75, 3.05) is 5.73 Å². The zero-order chi connectivity index (χ0) is 23.2. The number of H-pyrrole nitrogens is 1. The van der Waals surface area contributed by atoms with Gasteiger partial charge < -0.3 is 15.3 Å². The molecule has 0 spiro atoms. The Bertz CT molecular complexity index is 1570. The molecule has 0 radical (unpaired) electrons. The summed E-state index contributed by atoms with van der Waals surface area (Å²) in [5.74, 6) is 1.17. The number of hydrogen-bond acceptors (Lipinski definition) is 7. The number of pyridine rings is 2. The van der Waals surface area contributed by atoms with E-state index in [-0.39, 0.29) is 11.6 Å². The summed E-state index contributed by atoms with van der Waals surface area (Å²) in [6.07, 6.45) is 6.42. The van der Waals surface area contributed by atoms with Gasteiger partial charge in [0.05, 0.1) is 23.6 Å². The topological polar surface area (TPSA) is 133 Å². The maximum atomic E-state index is 13.3. The van der Waals surface area contributed by atoms with Crippen molar-refractivity contribution in [3.63, 3.8) is 0 Å². The van der Waals surface area contributed by atoms with Crippen LogP contribution in [0.25, 0.3) is 28.1 Å². The highest BCUT2D eigenvalue weighted by Gasteiger charge is 2.28. The predicted octanol–water partition coefficient (Wildman–Crippen LogP) is 3.05. The fourth-order valence-electron chi connectivity index (χ4n) is 4.49. The number of benzene rings is 1. The van der Waals surface area contributed by atoms with Crippen LogP contribution in [0, 0.1) is 0 Å². The standard InChI is InChI=1S/C23H18ClN9O/c24-15-1-3-19(32-12-28-30-31-32)17(10-15)14-7-16-2-4-20(33(16)22(34)9-14)23-27-11-18(29-23)13-5-6-26-21(25)8-13/h1,3,5-12,20H,2,4H2,(H2,25,26)(H,27,29)/t20-/m0/s1. The molecule has 0 fully saturated rings. The highest BCUT2D eigenvalue weighted by molar-refractivity contribution is 6.31. The van der Waals surface area contributed by atoms with Gasteiger partial charge in [-0.05, 0) is 65.2 Å². The van der Waals surface area contributed by atoms with E-state index in [4.69, 9.17) is 17.3 Å². The first-order valence-electron chi connectivity index (χ1n) is 10.6. The molecule has 0 bridgehead atoms. The number of nitrogens with zero attached hydrogens (tertiary/aromatic N) is 7. The number of halogens is 1. The molecule has 11 heteroatoms. The first-order valence-corrected chi connectivity index (χ1v) is 11.0. The molecular formula is C23H18ClN9O. The number of tetrazole rings is 1. The quantitative estimate of drug-likeness (QED) is 0.411. The number of nitrogens with one attached hydrogen (secondary N) is 1. The van der Waals surface area contributed by atoms with Crippen molar-refractivity contribution in [1.82, 2.24) is 39.7 Å². The van der Waals surface area contributed by atoms with Crippen molar-refractivity contribution < 1.29 is 0 Å². The molecule has 0 saturated heterocycles. The Hall–Kier alpha value is -4.31. The number of aromatic amines is 1. The maximum absolute atomic E-state index is 13.3. The largest absolute Gasteiger partial charge is 0.384 e. The second-order valence-electron chi connectivity index (χ2n) is 8.07. The fraction of sp³-hybridized carbons (Fsp3) is 0.130. The lowest BCUT2D eigenvalue weighted by molar-refractivity contribution is 0.572. The van der Waals surface area contributed by atoms with Crippen LogP contribution in [-0.4, -0.2) is 39.7 Å². The third-order valence-corrected chi connectivity index (χ3v) is 6.24. The second kappa shape index (κ2) is 7.92. The van der Waals surface area contributed by atoms with Crippen LogP contribution < -0.4 is 11.3 Å². The molecule has 1 atom stereocenters. The van der Waals surface area contributed by atoms with E-state index >= 15 is 0 Å². The van der Waals surface area contributed by atoms with Crippen molar-refractivity contribution in [1.29, 1.82) is 0 Å². The number of aryl methyl sites for hydroxylation is 1. The minimum absolute atomic E-state index is 0.108. The van der Waals surface area contributed by atoms with Crippen LogP contribution in [0.1, 0.15) is 24.0 Å². The zero-order valence-electron chi connectivity index (χ0n) is 17.8. The van der Waals surface area contributed by atoms with E-state index in [0.717, 1.165) is 52.4 Å². The fourth-order valence-corrected chi connectivity index (χ4v) is 4.66. The van der Waals surface area contributed by atoms with E-state index in [9.17, 15) is 4.79 Å². The Morgan fingerprint density at radius 2 is 2.00 bits per heavy atom. The summed E-state index contributed by atoms with van der Waals surface area (Å²) < 4.78 is 3.35. The lowest BCUT2D eigenvalue weighted by atomic mass is 10.0. The molecule has 6 rings (SSSR count). The Morgan fingerprint density at radius 3 is 2.82 bits per heavy atom. The van der Waals surface area contributed by atoms with Gasteiger partial charge in [-0.25, -0.2) is 9.97 Å². The minimum Gasteiger partial charge on any atom is -0.384 e. The smallest absolute Gasteiger partial charge is 0.252 e. The summed E-state index contributed by atoms with van der Waals surface area (Å²) in [5, 5.41) is 12.0. The number of anilines is 1. The van der Waals surface area contributed by atoms with Crippen molar-refractivity contribution in [3.8, 4) is 28.1 Å². The van der Waals surface area contributed by atoms with Gasteiger partial charge >= 0.3 is 0 Å². The number of aromatic nitrogens is 8. The Morgan fingerprint density at radius 1 is 1.09 bits per heavy atom. The molecule has 0 amide bonds. The van der Waals surface area contributed by atoms with Crippen LogP contribution in [0.4, 0.5) is 5.82 Å². The molecule has 10 nitrogen and oxygen atoms in total. The molecule has 1 aliphatic rings. The lowest BCUT2D eigenvalue weighted by Gasteiger charge is -2.15. The number of nitrogens with two attached hydrogens (primary N) is 1. The number of nitrogen functional groups attached to an aromatic ring is 1. The molecule has 1 aromatic carbocycles. The summed E-state index contributed by atoms with van der Waals surface area (Å²) in [6.45, 7) is 0. The van der Waals surface area contributed by atoms with Crippen LogP contribution in [0.15, 0.2) is 66.0 Å². The Balaban J connectivity index is 1.39. The summed E-state index contributed by atoms with van der Waals surface area (Å²) in [4.78, 5) is 25.3. The molecule has 5 heterocycles. The Labute approximate surface area is 198 Å². The normalized spacial score (nSPS) is 14.9. The summed E-state index contributed by atoms with van der Waals surface area (Å²) in [5.41, 5.74) is 10.6. The Kier molecular flexibility index (Phi) is 4.73. The molecule has 1 aliphatic heterocycles. The van der Waals surface area contributed by atoms with Crippen LogP contribution in [-0.2, 0) is 6.42 Å². The zero-order valence-corrected chi connectivity index (χ0v) is 18.5. The monoisotopic (exact) mass is 471 g/mol. The van der Waals surface area contributed by atoms with Gasteiger partial charge in [0.2, 0.25) is 0 Å². The molecule has 0 unspecified atom stereocenters. The average molecular weight is 472 g/mol. The number of rotatable bonds is 4.